The lowest BCUT2D eigenvalue weighted by Gasteiger charge is -2.40. The molecule has 0 radical (unpaired) electrons. The number of benzene rings is 1. The number of carbonyl (C=O) groups is 1. The summed E-state index contributed by atoms with van der Waals surface area (Å²) in [7, 11) is 0. The van der Waals surface area contributed by atoms with Crippen molar-refractivity contribution < 1.29 is 14.6 Å². The van der Waals surface area contributed by atoms with Crippen LogP contribution in [-0.4, -0.2) is 54.0 Å². The first-order valence-corrected chi connectivity index (χ1v) is 8.83. The Morgan fingerprint density at radius 1 is 1.42 bits per heavy atom. The number of amides is 2. The number of carbonyl (C=O) groups excluding carboxylic acids is 1. The minimum Gasteiger partial charge on any atom is -0.393 e. The molecule has 1 aliphatic rings. The third-order valence-electron chi connectivity index (χ3n) is 4.77. The van der Waals surface area contributed by atoms with E-state index in [1.165, 1.54) is 0 Å². The van der Waals surface area contributed by atoms with Crippen LogP contribution < -0.4 is 5.32 Å². The number of hydrogen-bond acceptors (Lipinski definition) is 3. The van der Waals surface area contributed by atoms with Crippen molar-refractivity contribution in [3.63, 3.8) is 0 Å². The maximum absolute atomic E-state index is 12.5. The lowest BCUT2D eigenvalue weighted by Crippen LogP contribution is -2.54. The largest absolute Gasteiger partial charge is 0.393 e. The number of aliphatic hydroxyl groups is 1. The monoisotopic (exact) mass is 334 g/mol. The van der Waals surface area contributed by atoms with E-state index in [1.54, 1.807) is 6.92 Å². The molecular weight excluding hydrogens is 304 g/mol. The second kappa shape index (κ2) is 8.49. The number of nitrogens with zero attached hydrogens (tertiary/aromatic N) is 1. The number of morpholine rings is 1. The molecule has 3 atom stereocenters. The highest BCUT2D eigenvalue weighted by Gasteiger charge is 2.32. The van der Waals surface area contributed by atoms with Crippen LogP contribution in [-0.2, 0) is 4.74 Å². The summed E-state index contributed by atoms with van der Waals surface area (Å²) in [6, 6.07) is 9.98. The van der Waals surface area contributed by atoms with E-state index in [4.69, 9.17) is 4.74 Å². The van der Waals surface area contributed by atoms with Gasteiger partial charge in [-0.25, -0.2) is 4.79 Å². The molecule has 134 valence electrons. The van der Waals surface area contributed by atoms with Gasteiger partial charge in [0.2, 0.25) is 0 Å². The Morgan fingerprint density at radius 2 is 2.12 bits per heavy atom. The van der Waals surface area contributed by atoms with Gasteiger partial charge in [-0.2, -0.15) is 0 Å². The molecule has 1 saturated heterocycles. The molecule has 1 heterocycles. The maximum atomic E-state index is 12.5. The number of urea groups is 1. The van der Waals surface area contributed by atoms with Gasteiger partial charge < -0.3 is 20.1 Å². The number of nitrogens with one attached hydrogen (secondary N) is 1. The van der Waals surface area contributed by atoms with Crippen molar-refractivity contribution in [1.29, 1.82) is 0 Å². The standard InChI is InChI=1S/C19H30N2O3/c1-4-19(3)14-21(10-11-24-19)18(23)20-13-17(12-15(2)22)16-8-6-5-7-9-16/h5-9,15,17,22H,4,10-14H2,1-3H3,(H,20,23)/t15-,17-,19+/m0/s1. The molecule has 1 fully saturated rings. The molecule has 1 aromatic carbocycles. The summed E-state index contributed by atoms with van der Waals surface area (Å²) in [4.78, 5) is 14.4. The van der Waals surface area contributed by atoms with E-state index in [9.17, 15) is 9.90 Å². The van der Waals surface area contributed by atoms with Crippen molar-refractivity contribution in [2.45, 2.75) is 51.2 Å². The van der Waals surface area contributed by atoms with Crippen LogP contribution in [0.1, 0.15) is 45.1 Å². The smallest absolute Gasteiger partial charge is 0.317 e. The zero-order chi connectivity index (χ0) is 17.6. The minimum absolute atomic E-state index is 0.0514. The van der Waals surface area contributed by atoms with Crippen molar-refractivity contribution in [3.05, 3.63) is 35.9 Å². The molecule has 0 aromatic heterocycles. The highest BCUT2D eigenvalue weighted by atomic mass is 16.5. The van der Waals surface area contributed by atoms with Gasteiger partial charge in [0.15, 0.2) is 0 Å². The van der Waals surface area contributed by atoms with Crippen LogP contribution in [0.5, 0.6) is 0 Å². The Labute approximate surface area is 145 Å². The average molecular weight is 334 g/mol. The lowest BCUT2D eigenvalue weighted by atomic mass is 9.93. The molecule has 5 nitrogen and oxygen atoms in total. The summed E-state index contributed by atoms with van der Waals surface area (Å²) < 4.78 is 5.79. The van der Waals surface area contributed by atoms with Crippen LogP contribution in [0.25, 0.3) is 0 Å². The Morgan fingerprint density at radius 3 is 2.75 bits per heavy atom. The predicted octanol–water partition coefficient (Wildman–Crippen LogP) is 2.75. The summed E-state index contributed by atoms with van der Waals surface area (Å²) in [6.07, 6.45) is 1.10. The molecule has 0 spiro atoms. The van der Waals surface area contributed by atoms with E-state index in [-0.39, 0.29) is 17.6 Å². The SMILES string of the molecule is CC[C@]1(C)CN(C(=O)NC[C@H](C[C@H](C)O)c2ccccc2)CCO1. The Bertz CT molecular complexity index is 521. The van der Waals surface area contributed by atoms with E-state index >= 15 is 0 Å². The Kier molecular flexibility index (Phi) is 6.63. The molecule has 2 amide bonds. The number of aliphatic hydroxyl groups excluding tert-OH is 1. The molecular formula is C19H30N2O3. The van der Waals surface area contributed by atoms with Crippen LogP contribution in [0, 0.1) is 0 Å². The molecule has 5 heteroatoms. The maximum Gasteiger partial charge on any atom is 0.317 e. The summed E-state index contributed by atoms with van der Waals surface area (Å²) in [5, 5.41) is 12.8. The van der Waals surface area contributed by atoms with Gasteiger partial charge in [0.05, 0.1) is 24.9 Å². The van der Waals surface area contributed by atoms with Gasteiger partial charge in [0.1, 0.15) is 0 Å². The molecule has 2 N–H and O–H groups in total. The summed E-state index contributed by atoms with van der Waals surface area (Å²) in [6.45, 7) is 8.24. The van der Waals surface area contributed by atoms with E-state index in [0.29, 0.717) is 32.7 Å². The van der Waals surface area contributed by atoms with Gasteiger partial charge in [0.25, 0.3) is 0 Å². The van der Waals surface area contributed by atoms with Crippen molar-refractivity contribution >= 4 is 6.03 Å². The predicted molar refractivity (Wildman–Crippen MR) is 95.1 cm³/mol. The first-order valence-electron chi connectivity index (χ1n) is 8.83. The zero-order valence-electron chi connectivity index (χ0n) is 15.0. The van der Waals surface area contributed by atoms with Crippen LogP contribution in [0.2, 0.25) is 0 Å². The number of rotatable bonds is 6. The highest BCUT2D eigenvalue weighted by molar-refractivity contribution is 5.74. The first kappa shape index (κ1) is 18.7. The third-order valence-corrected chi connectivity index (χ3v) is 4.77. The Balaban J connectivity index is 1.94. The molecule has 2 rings (SSSR count). The van der Waals surface area contributed by atoms with Gasteiger partial charge in [0, 0.05) is 19.0 Å². The second-order valence-corrected chi connectivity index (χ2v) is 6.95. The van der Waals surface area contributed by atoms with E-state index in [2.05, 4.69) is 12.2 Å². The average Bonchev–Trinajstić information content (AvgIpc) is 2.59. The molecule has 1 aromatic rings. The van der Waals surface area contributed by atoms with Crippen LogP contribution in [0.4, 0.5) is 4.79 Å². The molecule has 24 heavy (non-hydrogen) atoms. The number of hydrogen-bond donors (Lipinski definition) is 2. The molecule has 0 aliphatic carbocycles. The highest BCUT2D eigenvalue weighted by Crippen LogP contribution is 2.22. The topological polar surface area (TPSA) is 61.8 Å². The van der Waals surface area contributed by atoms with Crippen LogP contribution in [0.15, 0.2) is 30.3 Å². The molecule has 0 bridgehead atoms. The first-order chi connectivity index (χ1) is 11.4. The zero-order valence-corrected chi connectivity index (χ0v) is 15.0. The fraction of sp³-hybridized carbons (Fsp3) is 0.632. The summed E-state index contributed by atoms with van der Waals surface area (Å²) in [5.74, 6) is 0.105. The van der Waals surface area contributed by atoms with Gasteiger partial charge in [-0.3, -0.25) is 0 Å². The second-order valence-electron chi connectivity index (χ2n) is 6.95. The quantitative estimate of drug-likeness (QED) is 0.841. The third kappa shape index (κ3) is 5.21. The molecule has 1 aliphatic heterocycles. The van der Waals surface area contributed by atoms with Crippen LogP contribution >= 0.6 is 0 Å². The normalized spacial score (nSPS) is 23.6. The lowest BCUT2D eigenvalue weighted by molar-refractivity contribution is -0.0872. The van der Waals surface area contributed by atoms with E-state index in [0.717, 1.165) is 12.0 Å². The van der Waals surface area contributed by atoms with E-state index < -0.39 is 6.10 Å². The molecule has 0 unspecified atom stereocenters. The Hall–Kier alpha value is -1.59. The fourth-order valence-corrected chi connectivity index (χ4v) is 3.11. The summed E-state index contributed by atoms with van der Waals surface area (Å²) in [5.41, 5.74) is 0.882. The van der Waals surface area contributed by atoms with Gasteiger partial charge in [-0.15, -0.1) is 0 Å². The minimum atomic E-state index is -0.404. The van der Waals surface area contributed by atoms with Crippen molar-refractivity contribution in [2.24, 2.45) is 0 Å². The van der Waals surface area contributed by atoms with Crippen molar-refractivity contribution in [3.8, 4) is 0 Å². The van der Waals surface area contributed by atoms with Gasteiger partial charge in [-0.1, -0.05) is 37.3 Å². The van der Waals surface area contributed by atoms with Crippen LogP contribution in [0.3, 0.4) is 0 Å². The molecule has 0 saturated carbocycles. The van der Waals surface area contributed by atoms with Crippen molar-refractivity contribution in [2.75, 3.05) is 26.2 Å². The van der Waals surface area contributed by atoms with E-state index in [1.807, 2.05) is 42.2 Å². The summed E-state index contributed by atoms with van der Waals surface area (Å²) >= 11 is 0. The van der Waals surface area contributed by atoms with Crippen molar-refractivity contribution in [1.82, 2.24) is 10.2 Å². The van der Waals surface area contributed by atoms with Gasteiger partial charge >= 0.3 is 6.03 Å². The number of ether oxygens (including phenoxy) is 1. The fourth-order valence-electron chi connectivity index (χ4n) is 3.11. The van der Waals surface area contributed by atoms with Gasteiger partial charge in [-0.05, 0) is 32.3 Å².